The van der Waals surface area contributed by atoms with Crippen molar-refractivity contribution < 1.29 is 9.53 Å². The van der Waals surface area contributed by atoms with E-state index in [1.54, 1.807) is 6.07 Å². The van der Waals surface area contributed by atoms with Crippen LogP contribution in [0.5, 0.6) is 0 Å². The zero-order chi connectivity index (χ0) is 13.8. The number of likely N-dealkylation sites (tertiary alicyclic amines) is 1. The van der Waals surface area contributed by atoms with Gasteiger partial charge < -0.3 is 4.74 Å². The molecule has 19 heavy (non-hydrogen) atoms. The van der Waals surface area contributed by atoms with Gasteiger partial charge in [0.05, 0.1) is 10.7 Å². The first-order chi connectivity index (χ1) is 9.08. The average molecular weight is 283 g/mol. The third-order valence-corrected chi connectivity index (χ3v) is 3.64. The number of hydrogen-bond acceptors (Lipinski definition) is 3. The lowest BCUT2D eigenvalue weighted by Crippen LogP contribution is -2.26. The van der Waals surface area contributed by atoms with Gasteiger partial charge in [-0.3, -0.25) is 10.2 Å². The topological polar surface area (TPSA) is 41.6 Å². The number of aryl methyl sites for hydroxylation is 1. The smallest absolute Gasteiger partial charge is 0.411 e. The van der Waals surface area contributed by atoms with Gasteiger partial charge in [0.1, 0.15) is 6.10 Å². The number of benzene rings is 1. The summed E-state index contributed by atoms with van der Waals surface area (Å²) in [7, 11) is 0. The van der Waals surface area contributed by atoms with Crippen LogP contribution < -0.4 is 5.32 Å². The molecule has 1 aromatic carbocycles. The molecular weight excluding hydrogens is 264 g/mol. The molecule has 4 nitrogen and oxygen atoms in total. The van der Waals surface area contributed by atoms with Crippen molar-refractivity contribution in [1.29, 1.82) is 0 Å². The Kier molecular flexibility index (Phi) is 4.66. The second kappa shape index (κ2) is 6.26. The minimum absolute atomic E-state index is 0.0245. The number of ether oxygens (including phenoxy) is 1. The molecule has 0 bridgehead atoms. The van der Waals surface area contributed by atoms with Crippen LogP contribution in [0.15, 0.2) is 18.2 Å². The Morgan fingerprint density at radius 1 is 1.58 bits per heavy atom. The lowest BCUT2D eigenvalue weighted by Gasteiger charge is -2.15. The molecule has 1 aromatic rings. The number of amides is 1. The molecule has 1 aliphatic heterocycles. The summed E-state index contributed by atoms with van der Waals surface area (Å²) in [4.78, 5) is 14.1. The molecule has 0 spiro atoms. The highest BCUT2D eigenvalue weighted by Gasteiger charge is 2.24. The summed E-state index contributed by atoms with van der Waals surface area (Å²) in [5.74, 6) is 0. The third-order valence-electron chi connectivity index (χ3n) is 3.31. The number of anilines is 1. The van der Waals surface area contributed by atoms with E-state index < -0.39 is 6.09 Å². The van der Waals surface area contributed by atoms with Crippen molar-refractivity contribution in [2.75, 3.05) is 25.0 Å². The van der Waals surface area contributed by atoms with E-state index in [0.717, 1.165) is 31.6 Å². The van der Waals surface area contributed by atoms with E-state index in [1.165, 1.54) is 0 Å². The van der Waals surface area contributed by atoms with E-state index in [4.69, 9.17) is 16.3 Å². The van der Waals surface area contributed by atoms with E-state index >= 15 is 0 Å². The predicted octanol–water partition coefficient (Wildman–Crippen LogP) is 3.29. The van der Waals surface area contributed by atoms with Crippen molar-refractivity contribution in [3.05, 3.63) is 28.8 Å². The molecule has 0 aromatic heterocycles. The van der Waals surface area contributed by atoms with Gasteiger partial charge in [-0.1, -0.05) is 24.6 Å². The molecule has 1 atom stereocenters. The van der Waals surface area contributed by atoms with Crippen LogP contribution in [0, 0.1) is 6.92 Å². The van der Waals surface area contributed by atoms with Gasteiger partial charge in [-0.25, -0.2) is 4.79 Å². The summed E-state index contributed by atoms with van der Waals surface area (Å²) in [5.41, 5.74) is 1.63. The second-order valence-corrected chi connectivity index (χ2v) is 5.22. The lowest BCUT2D eigenvalue weighted by molar-refractivity contribution is 0.114. The number of carbonyl (C=O) groups is 1. The molecule has 1 fully saturated rings. The highest BCUT2D eigenvalue weighted by molar-refractivity contribution is 6.33. The van der Waals surface area contributed by atoms with E-state index in [0.29, 0.717) is 10.7 Å². The number of likely N-dealkylation sites (N-methyl/N-ethyl adjacent to an activating group) is 1. The Labute approximate surface area is 118 Å². The van der Waals surface area contributed by atoms with E-state index in [2.05, 4.69) is 17.1 Å². The van der Waals surface area contributed by atoms with Crippen LogP contribution in [0.2, 0.25) is 5.02 Å². The highest BCUT2D eigenvalue weighted by Crippen LogP contribution is 2.23. The fourth-order valence-electron chi connectivity index (χ4n) is 2.21. The van der Waals surface area contributed by atoms with Crippen LogP contribution in [0.4, 0.5) is 10.5 Å². The SMILES string of the molecule is CCN1CCC(OC(=O)Nc2cc(C)ccc2Cl)C1. The van der Waals surface area contributed by atoms with Crippen LogP contribution in [-0.2, 0) is 4.74 Å². The van der Waals surface area contributed by atoms with Gasteiger partial charge in [0.2, 0.25) is 0 Å². The Morgan fingerprint density at radius 3 is 3.05 bits per heavy atom. The summed E-state index contributed by atoms with van der Waals surface area (Å²) >= 11 is 6.02. The molecule has 0 saturated carbocycles. The lowest BCUT2D eigenvalue weighted by atomic mass is 10.2. The van der Waals surface area contributed by atoms with Crippen molar-refractivity contribution in [3.8, 4) is 0 Å². The molecule has 1 aliphatic rings. The molecule has 104 valence electrons. The van der Waals surface area contributed by atoms with Crippen molar-refractivity contribution in [3.63, 3.8) is 0 Å². The van der Waals surface area contributed by atoms with Gasteiger partial charge in [-0.15, -0.1) is 0 Å². The number of hydrogen-bond donors (Lipinski definition) is 1. The summed E-state index contributed by atoms with van der Waals surface area (Å²) in [5, 5.41) is 3.22. The summed E-state index contributed by atoms with van der Waals surface area (Å²) in [6.07, 6.45) is 0.432. The first-order valence-corrected chi connectivity index (χ1v) is 6.92. The zero-order valence-electron chi connectivity index (χ0n) is 11.3. The van der Waals surface area contributed by atoms with Gasteiger partial charge >= 0.3 is 6.09 Å². The standard InChI is InChI=1S/C14H19ClN2O2/c1-3-17-7-6-11(9-17)19-14(18)16-13-8-10(2)4-5-12(13)15/h4-5,8,11H,3,6-7,9H2,1-2H3,(H,16,18). The fourth-order valence-corrected chi connectivity index (χ4v) is 2.37. The maximum absolute atomic E-state index is 11.8. The summed E-state index contributed by atoms with van der Waals surface area (Å²) in [6, 6.07) is 5.49. The van der Waals surface area contributed by atoms with Crippen LogP contribution in [0.1, 0.15) is 18.9 Å². The van der Waals surface area contributed by atoms with Gasteiger partial charge in [0.25, 0.3) is 0 Å². The van der Waals surface area contributed by atoms with Crippen molar-refractivity contribution >= 4 is 23.4 Å². The molecule has 1 unspecified atom stereocenters. The monoisotopic (exact) mass is 282 g/mol. The quantitative estimate of drug-likeness (QED) is 0.925. The Morgan fingerprint density at radius 2 is 2.37 bits per heavy atom. The van der Waals surface area contributed by atoms with Gasteiger partial charge in [0, 0.05) is 13.1 Å². The Bertz CT molecular complexity index is 465. The number of carbonyl (C=O) groups excluding carboxylic acids is 1. The molecule has 5 heteroatoms. The largest absolute Gasteiger partial charge is 0.445 e. The molecule has 1 amide bonds. The van der Waals surface area contributed by atoms with Crippen LogP contribution in [0.3, 0.4) is 0 Å². The van der Waals surface area contributed by atoms with Crippen LogP contribution in [0.25, 0.3) is 0 Å². The molecule has 0 radical (unpaired) electrons. The minimum Gasteiger partial charge on any atom is -0.445 e. The summed E-state index contributed by atoms with van der Waals surface area (Å²) in [6.45, 7) is 6.84. The molecule has 0 aliphatic carbocycles. The maximum Gasteiger partial charge on any atom is 0.411 e. The third kappa shape index (κ3) is 3.85. The van der Waals surface area contributed by atoms with Gasteiger partial charge in [-0.05, 0) is 37.6 Å². The number of halogens is 1. The van der Waals surface area contributed by atoms with Crippen molar-refractivity contribution in [2.45, 2.75) is 26.4 Å². The van der Waals surface area contributed by atoms with Gasteiger partial charge in [0.15, 0.2) is 0 Å². The van der Waals surface area contributed by atoms with Crippen molar-refractivity contribution in [2.24, 2.45) is 0 Å². The first-order valence-electron chi connectivity index (χ1n) is 6.54. The van der Waals surface area contributed by atoms with E-state index in [1.807, 2.05) is 19.1 Å². The predicted molar refractivity (Wildman–Crippen MR) is 76.8 cm³/mol. The van der Waals surface area contributed by atoms with Crippen molar-refractivity contribution in [1.82, 2.24) is 4.90 Å². The first kappa shape index (κ1) is 14.2. The minimum atomic E-state index is -0.435. The molecular formula is C14H19ClN2O2. The number of rotatable bonds is 3. The molecule has 1 N–H and O–H groups in total. The molecule has 1 saturated heterocycles. The van der Waals surface area contributed by atoms with Crippen LogP contribution in [-0.4, -0.2) is 36.7 Å². The number of nitrogens with zero attached hydrogens (tertiary/aromatic N) is 1. The number of nitrogens with one attached hydrogen (secondary N) is 1. The zero-order valence-corrected chi connectivity index (χ0v) is 12.0. The average Bonchev–Trinajstić information content (AvgIpc) is 2.81. The Hall–Kier alpha value is -1.26. The van der Waals surface area contributed by atoms with Gasteiger partial charge in [-0.2, -0.15) is 0 Å². The second-order valence-electron chi connectivity index (χ2n) is 4.82. The van der Waals surface area contributed by atoms with E-state index in [-0.39, 0.29) is 6.10 Å². The van der Waals surface area contributed by atoms with Crippen LogP contribution >= 0.6 is 11.6 Å². The Balaban J connectivity index is 1.89. The molecule has 1 heterocycles. The van der Waals surface area contributed by atoms with E-state index in [9.17, 15) is 4.79 Å². The summed E-state index contributed by atoms with van der Waals surface area (Å²) < 4.78 is 5.39. The fraction of sp³-hybridized carbons (Fsp3) is 0.500. The molecule has 2 rings (SSSR count). The normalized spacial score (nSPS) is 19.4. The maximum atomic E-state index is 11.8. The highest BCUT2D eigenvalue weighted by atomic mass is 35.5.